The van der Waals surface area contributed by atoms with E-state index in [9.17, 15) is 4.39 Å². The molecule has 1 unspecified atom stereocenters. The number of hydrogen-bond acceptors (Lipinski definition) is 3. The molecular weight excluding hydrogens is 253 g/mol. The number of aromatic nitrogens is 1. The van der Waals surface area contributed by atoms with Crippen LogP contribution in [0.25, 0.3) is 0 Å². The van der Waals surface area contributed by atoms with E-state index in [0.29, 0.717) is 0 Å². The molecule has 4 heteroatoms. The smallest absolute Gasteiger partial charge is 0.141 e. The third-order valence-electron chi connectivity index (χ3n) is 3.23. The van der Waals surface area contributed by atoms with Gasteiger partial charge < -0.3 is 10.2 Å². The maximum atomic E-state index is 13.0. The molecule has 0 bridgehead atoms. The monoisotopic (exact) mass is 273 g/mol. The molecule has 1 atom stereocenters. The van der Waals surface area contributed by atoms with Gasteiger partial charge in [0, 0.05) is 14.1 Å². The number of halogens is 1. The first-order valence-electron chi connectivity index (χ1n) is 6.76. The van der Waals surface area contributed by atoms with Crippen LogP contribution in [0.5, 0.6) is 0 Å². The van der Waals surface area contributed by atoms with Crippen LogP contribution in [-0.2, 0) is 0 Å². The normalized spacial score (nSPS) is 12.0. The minimum atomic E-state index is -0.308. The van der Waals surface area contributed by atoms with Gasteiger partial charge in [-0.25, -0.2) is 4.39 Å². The molecule has 0 radical (unpaired) electrons. The number of nitrogens with one attached hydrogen (secondary N) is 1. The molecule has 106 valence electrons. The van der Waals surface area contributed by atoms with Gasteiger partial charge in [-0.1, -0.05) is 19.1 Å². The van der Waals surface area contributed by atoms with E-state index in [1.54, 1.807) is 6.07 Å². The summed E-state index contributed by atoms with van der Waals surface area (Å²) in [5.74, 6) is -0.308. The zero-order chi connectivity index (χ0) is 14.5. The van der Waals surface area contributed by atoms with Crippen LogP contribution in [-0.4, -0.2) is 19.1 Å². The molecule has 1 aromatic carbocycles. The van der Waals surface area contributed by atoms with Gasteiger partial charge in [0.1, 0.15) is 5.82 Å². The molecule has 0 saturated carbocycles. The minimum absolute atomic E-state index is 0.0664. The molecule has 2 rings (SSSR count). The summed E-state index contributed by atoms with van der Waals surface area (Å²) in [6.07, 6.45) is 2.14. The van der Waals surface area contributed by atoms with Crippen LogP contribution in [0.4, 0.5) is 15.8 Å². The Morgan fingerprint density at radius 2 is 1.95 bits per heavy atom. The lowest BCUT2D eigenvalue weighted by Gasteiger charge is -2.23. The van der Waals surface area contributed by atoms with Crippen molar-refractivity contribution in [1.29, 1.82) is 0 Å². The molecule has 0 spiro atoms. The lowest BCUT2D eigenvalue weighted by Crippen LogP contribution is -2.16. The van der Waals surface area contributed by atoms with Crippen LogP contribution in [0.2, 0.25) is 0 Å². The standard InChI is InChI=1S/C16H20FN3/c1-4-13(14-10-9-12(17)11-18-14)19-15-7-5-6-8-16(15)20(2)3/h5-11,13,19H,4H2,1-3H3. The van der Waals surface area contributed by atoms with Gasteiger partial charge in [0.2, 0.25) is 0 Å². The fraction of sp³-hybridized carbons (Fsp3) is 0.312. The highest BCUT2D eigenvalue weighted by molar-refractivity contribution is 5.69. The van der Waals surface area contributed by atoms with Crippen molar-refractivity contribution >= 4 is 11.4 Å². The Labute approximate surface area is 119 Å². The Balaban J connectivity index is 2.24. The molecular formula is C16H20FN3. The van der Waals surface area contributed by atoms with Crippen molar-refractivity contribution in [3.8, 4) is 0 Å². The van der Waals surface area contributed by atoms with E-state index in [1.807, 2.05) is 32.3 Å². The molecule has 3 nitrogen and oxygen atoms in total. The SMILES string of the molecule is CCC(Nc1ccccc1N(C)C)c1ccc(F)cn1. The summed E-state index contributed by atoms with van der Waals surface area (Å²) < 4.78 is 13.0. The van der Waals surface area contributed by atoms with Crippen molar-refractivity contribution in [2.45, 2.75) is 19.4 Å². The van der Waals surface area contributed by atoms with Crippen LogP contribution >= 0.6 is 0 Å². The van der Waals surface area contributed by atoms with Crippen molar-refractivity contribution in [3.63, 3.8) is 0 Å². The first-order valence-corrected chi connectivity index (χ1v) is 6.76. The van der Waals surface area contributed by atoms with Gasteiger partial charge in [0.25, 0.3) is 0 Å². The number of hydrogen-bond donors (Lipinski definition) is 1. The molecule has 1 heterocycles. The van der Waals surface area contributed by atoms with E-state index in [0.717, 1.165) is 23.5 Å². The van der Waals surface area contributed by atoms with Crippen LogP contribution < -0.4 is 10.2 Å². The topological polar surface area (TPSA) is 28.2 Å². The Bertz CT molecular complexity index is 552. The van der Waals surface area contributed by atoms with Crippen molar-refractivity contribution in [1.82, 2.24) is 4.98 Å². The molecule has 2 aromatic rings. The maximum Gasteiger partial charge on any atom is 0.141 e. The molecule has 0 fully saturated rings. The maximum absolute atomic E-state index is 13.0. The fourth-order valence-corrected chi connectivity index (χ4v) is 2.15. The average Bonchev–Trinajstić information content (AvgIpc) is 2.46. The van der Waals surface area contributed by atoms with Crippen molar-refractivity contribution in [3.05, 3.63) is 54.1 Å². The molecule has 0 amide bonds. The zero-order valence-corrected chi connectivity index (χ0v) is 12.1. The minimum Gasteiger partial charge on any atom is -0.376 e. The van der Waals surface area contributed by atoms with Gasteiger partial charge in [-0.15, -0.1) is 0 Å². The molecule has 20 heavy (non-hydrogen) atoms. The number of para-hydroxylation sites is 2. The second-order valence-corrected chi connectivity index (χ2v) is 4.92. The number of rotatable bonds is 5. The molecule has 0 aliphatic heterocycles. The van der Waals surface area contributed by atoms with E-state index in [2.05, 4.69) is 28.2 Å². The van der Waals surface area contributed by atoms with Crippen LogP contribution in [0.15, 0.2) is 42.6 Å². The van der Waals surface area contributed by atoms with Crippen LogP contribution in [0.1, 0.15) is 25.1 Å². The second kappa shape index (κ2) is 6.37. The van der Waals surface area contributed by atoms with Crippen LogP contribution in [0.3, 0.4) is 0 Å². The highest BCUT2D eigenvalue weighted by Gasteiger charge is 2.13. The molecule has 0 saturated heterocycles. The van der Waals surface area contributed by atoms with E-state index < -0.39 is 0 Å². The lowest BCUT2D eigenvalue weighted by molar-refractivity contribution is 0.614. The van der Waals surface area contributed by atoms with E-state index >= 15 is 0 Å². The Kier molecular flexibility index (Phi) is 4.56. The largest absolute Gasteiger partial charge is 0.376 e. The van der Waals surface area contributed by atoms with Gasteiger partial charge in [-0.05, 0) is 30.7 Å². The third-order valence-corrected chi connectivity index (χ3v) is 3.23. The Morgan fingerprint density at radius 3 is 2.55 bits per heavy atom. The van der Waals surface area contributed by atoms with E-state index in [1.165, 1.54) is 12.3 Å². The first kappa shape index (κ1) is 14.3. The molecule has 0 aliphatic rings. The third kappa shape index (κ3) is 3.26. The highest BCUT2D eigenvalue weighted by atomic mass is 19.1. The van der Waals surface area contributed by atoms with Gasteiger partial charge >= 0.3 is 0 Å². The average molecular weight is 273 g/mol. The second-order valence-electron chi connectivity index (χ2n) is 4.92. The van der Waals surface area contributed by atoms with Crippen molar-refractivity contribution in [2.24, 2.45) is 0 Å². The number of pyridine rings is 1. The van der Waals surface area contributed by atoms with E-state index in [4.69, 9.17) is 0 Å². The summed E-state index contributed by atoms with van der Waals surface area (Å²) >= 11 is 0. The summed E-state index contributed by atoms with van der Waals surface area (Å²) in [4.78, 5) is 6.23. The first-order chi connectivity index (χ1) is 9.61. The van der Waals surface area contributed by atoms with Gasteiger partial charge in [-0.3, -0.25) is 4.98 Å². The quantitative estimate of drug-likeness (QED) is 0.897. The number of benzene rings is 1. The lowest BCUT2D eigenvalue weighted by atomic mass is 10.1. The van der Waals surface area contributed by atoms with Gasteiger partial charge in [0.15, 0.2) is 0 Å². The summed E-state index contributed by atoms with van der Waals surface area (Å²) in [5, 5.41) is 3.49. The number of anilines is 2. The van der Waals surface area contributed by atoms with Gasteiger partial charge in [0.05, 0.1) is 29.3 Å². The van der Waals surface area contributed by atoms with Gasteiger partial charge in [-0.2, -0.15) is 0 Å². The zero-order valence-electron chi connectivity index (χ0n) is 12.1. The predicted molar refractivity (Wildman–Crippen MR) is 81.6 cm³/mol. The highest BCUT2D eigenvalue weighted by Crippen LogP contribution is 2.28. The Morgan fingerprint density at radius 1 is 1.20 bits per heavy atom. The summed E-state index contributed by atoms with van der Waals surface area (Å²) in [7, 11) is 4.02. The summed E-state index contributed by atoms with van der Waals surface area (Å²) in [6.45, 7) is 2.08. The molecule has 0 aliphatic carbocycles. The van der Waals surface area contributed by atoms with Crippen molar-refractivity contribution < 1.29 is 4.39 Å². The van der Waals surface area contributed by atoms with Crippen LogP contribution in [0, 0.1) is 5.82 Å². The predicted octanol–water partition coefficient (Wildman–Crippen LogP) is 3.85. The molecule has 1 N–H and O–H groups in total. The van der Waals surface area contributed by atoms with Crippen molar-refractivity contribution in [2.75, 3.05) is 24.3 Å². The fourth-order valence-electron chi connectivity index (χ4n) is 2.15. The molecule has 1 aromatic heterocycles. The number of nitrogens with zero attached hydrogens (tertiary/aromatic N) is 2. The Hall–Kier alpha value is -2.10. The summed E-state index contributed by atoms with van der Waals surface area (Å²) in [5.41, 5.74) is 3.02. The van der Waals surface area contributed by atoms with E-state index in [-0.39, 0.29) is 11.9 Å². The summed E-state index contributed by atoms with van der Waals surface area (Å²) in [6, 6.07) is 11.4.